The average Bonchev–Trinajstić information content (AvgIpc) is 2.43. The average molecular weight is 310 g/mol. The van der Waals surface area contributed by atoms with Crippen molar-refractivity contribution >= 4 is 17.6 Å². The predicted octanol–water partition coefficient (Wildman–Crippen LogP) is 2.87. The molecule has 0 aliphatic heterocycles. The summed E-state index contributed by atoms with van der Waals surface area (Å²) in [5.74, 6) is 0.713. The first-order valence-corrected chi connectivity index (χ1v) is 7.93. The number of benzene rings is 1. The van der Waals surface area contributed by atoms with Gasteiger partial charge in [0.05, 0.1) is 18.2 Å². The fraction of sp³-hybridized carbons (Fsp3) is 0.562. The number of nitrogens with zero attached hydrogens (tertiary/aromatic N) is 1. The maximum absolute atomic E-state index is 10.1. The monoisotopic (exact) mass is 309 g/mol. The number of nitrogens with one attached hydrogen (secondary N) is 2. The Bertz CT molecular complexity index is 500. The van der Waals surface area contributed by atoms with Crippen LogP contribution >= 0.6 is 11.6 Å². The third kappa shape index (κ3) is 4.35. The summed E-state index contributed by atoms with van der Waals surface area (Å²) in [7, 11) is 0. The molecule has 1 atom stereocenters. The summed E-state index contributed by atoms with van der Waals surface area (Å²) < 4.78 is 0. The minimum atomic E-state index is -0.601. The number of hydrogen-bond donors (Lipinski definition) is 3. The van der Waals surface area contributed by atoms with E-state index in [1.54, 1.807) is 0 Å². The molecule has 1 fully saturated rings. The second-order valence-corrected chi connectivity index (χ2v) is 6.07. The van der Waals surface area contributed by atoms with Crippen molar-refractivity contribution in [3.63, 3.8) is 0 Å². The third-order valence-corrected chi connectivity index (χ3v) is 4.23. The molecule has 0 amide bonds. The van der Waals surface area contributed by atoms with Gasteiger partial charge in [0.15, 0.2) is 5.96 Å². The van der Waals surface area contributed by atoms with Crippen molar-refractivity contribution in [1.29, 1.82) is 0 Å². The van der Waals surface area contributed by atoms with Gasteiger partial charge in [0.25, 0.3) is 0 Å². The zero-order valence-corrected chi connectivity index (χ0v) is 13.5. The number of aliphatic imine (C=N–C) groups is 1. The molecule has 1 unspecified atom stereocenters. The van der Waals surface area contributed by atoms with Gasteiger partial charge in [-0.05, 0) is 44.7 Å². The fourth-order valence-electron chi connectivity index (χ4n) is 2.40. The quantitative estimate of drug-likeness (QED) is 0.579. The first-order valence-electron chi connectivity index (χ1n) is 7.56. The van der Waals surface area contributed by atoms with Crippen LogP contribution in [0.15, 0.2) is 29.3 Å². The Balaban J connectivity index is 2.01. The summed E-state index contributed by atoms with van der Waals surface area (Å²) in [5, 5.41) is 17.4. The molecule has 1 aromatic carbocycles. The summed E-state index contributed by atoms with van der Waals surface area (Å²) in [6, 6.07) is 7.83. The van der Waals surface area contributed by atoms with Crippen LogP contribution in [0.5, 0.6) is 0 Å². The van der Waals surface area contributed by atoms with Crippen LogP contribution in [-0.2, 0) is 0 Å². The van der Waals surface area contributed by atoms with Gasteiger partial charge in [-0.1, -0.05) is 29.8 Å². The van der Waals surface area contributed by atoms with Gasteiger partial charge in [-0.3, -0.25) is 4.99 Å². The van der Waals surface area contributed by atoms with Crippen molar-refractivity contribution in [1.82, 2.24) is 10.6 Å². The molecule has 1 aliphatic carbocycles. The zero-order valence-electron chi connectivity index (χ0n) is 12.7. The molecule has 0 bridgehead atoms. The van der Waals surface area contributed by atoms with Crippen LogP contribution in [0.1, 0.15) is 44.7 Å². The molecule has 0 spiro atoms. The van der Waals surface area contributed by atoms with E-state index in [4.69, 9.17) is 11.6 Å². The van der Waals surface area contributed by atoms with Crippen molar-refractivity contribution in [3.05, 3.63) is 34.9 Å². The Hall–Kier alpha value is -1.26. The van der Waals surface area contributed by atoms with Crippen LogP contribution < -0.4 is 10.6 Å². The maximum Gasteiger partial charge on any atom is 0.191 e. The smallest absolute Gasteiger partial charge is 0.191 e. The standard InChI is InChI=1S/C16H24ClN3O/c1-3-18-15(19-11-16(21)9-6-10-16)20-12(2)13-7-4-5-8-14(13)17/h4-5,7-8,12,21H,3,6,9-11H2,1-2H3,(H2,18,19,20). The molecular weight excluding hydrogens is 286 g/mol. The van der Waals surface area contributed by atoms with Crippen LogP contribution in [0.4, 0.5) is 0 Å². The van der Waals surface area contributed by atoms with Gasteiger partial charge in [0.2, 0.25) is 0 Å². The van der Waals surface area contributed by atoms with Crippen LogP contribution in [0.3, 0.4) is 0 Å². The Morgan fingerprint density at radius 2 is 2.14 bits per heavy atom. The summed E-state index contributed by atoms with van der Waals surface area (Å²) in [6.07, 6.45) is 2.78. The van der Waals surface area contributed by atoms with E-state index in [1.165, 1.54) is 0 Å². The molecule has 116 valence electrons. The van der Waals surface area contributed by atoms with Gasteiger partial charge < -0.3 is 15.7 Å². The van der Waals surface area contributed by atoms with E-state index in [0.29, 0.717) is 12.5 Å². The molecule has 0 saturated heterocycles. The molecule has 3 N–H and O–H groups in total. The topological polar surface area (TPSA) is 56.7 Å². The highest BCUT2D eigenvalue weighted by molar-refractivity contribution is 6.31. The number of halogens is 1. The lowest BCUT2D eigenvalue weighted by molar-refractivity contribution is -0.0236. The molecular formula is C16H24ClN3O. The van der Waals surface area contributed by atoms with Crippen molar-refractivity contribution in [2.75, 3.05) is 13.1 Å². The first-order chi connectivity index (χ1) is 10.0. The summed E-state index contributed by atoms with van der Waals surface area (Å²) >= 11 is 6.22. The van der Waals surface area contributed by atoms with Crippen LogP contribution in [0, 0.1) is 0 Å². The Morgan fingerprint density at radius 1 is 1.43 bits per heavy atom. The number of aliphatic hydroxyl groups is 1. The van der Waals surface area contributed by atoms with Crippen LogP contribution in [0.2, 0.25) is 5.02 Å². The van der Waals surface area contributed by atoms with E-state index in [-0.39, 0.29) is 6.04 Å². The van der Waals surface area contributed by atoms with Gasteiger partial charge in [-0.25, -0.2) is 0 Å². The van der Waals surface area contributed by atoms with Crippen molar-refractivity contribution in [3.8, 4) is 0 Å². The van der Waals surface area contributed by atoms with Crippen LogP contribution in [0.25, 0.3) is 0 Å². The second kappa shape index (κ2) is 7.14. The van der Waals surface area contributed by atoms with Crippen molar-refractivity contribution in [2.45, 2.75) is 44.8 Å². The summed E-state index contributed by atoms with van der Waals surface area (Å²) in [6.45, 7) is 5.29. The van der Waals surface area contributed by atoms with E-state index in [1.807, 2.05) is 38.1 Å². The Labute approximate surface area is 131 Å². The Morgan fingerprint density at radius 3 is 2.71 bits per heavy atom. The van der Waals surface area contributed by atoms with Gasteiger partial charge in [0.1, 0.15) is 0 Å². The minimum Gasteiger partial charge on any atom is -0.388 e. The van der Waals surface area contributed by atoms with Crippen LogP contribution in [-0.4, -0.2) is 29.8 Å². The van der Waals surface area contributed by atoms with Gasteiger partial charge in [-0.2, -0.15) is 0 Å². The van der Waals surface area contributed by atoms with Gasteiger partial charge in [-0.15, -0.1) is 0 Å². The highest BCUT2D eigenvalue weighted by Gasteiger charge is 2.34. The molecule has 1 aromatic rings. The molecule has 1 aliphatic rings. The molecule has 1 saturated carbocycles. The lowest BCUT2D eigenvalue weighted by Crippen LogP contribution is -2.43. The summed E-state index contributed by atoms with van der Waals surface area (Å²) in [5.41, 5.74) is 0.433. The zero-order chi connectivity index (χ0) is 15.3. The SMILES string of the molecule is CCNC(=NCC1(O)CCC1)NC(C)c1ccccc1Cl. The minimum absolute atomic E-state index is 0.0486. The third-order valence-electron chi connectivity index (χ3n) is 3.88. The molecule has 0 heterocycles. The lowest BCUT2D eigenvalue weighted by atomic mass is 9.80. The van der Waals surface area contributed by atoms with E-state index in [2.05, 4.69) is 15.6 Å². The predicted molar refractivity (Wildman–Crippen MR) is 87.8 cm³/mol. The first kappa shape index (κ1) is 16.1. The highest BCUT2D eigenvalue weighted by Crippen LogP contribution is 2.31. The van der Waals surface area contributed by atoms with Gasteiger partial charge >= 0.3 is 0 Å². The lowest BCUT2D eigenvalue weighted by Gasteiger charge is -2.35. The van der Waals surface area contributed by atoms with Crippen molar-refractivity contribution in [2.24, 2.45) is 4.99 Å². The largest absolute Gasteiger partial charge is 0.388 e. The number of guanidine groups is 1. The van der Waals surface area contributed by atoms with E-state index >= 15 is 0 Å². The molecule has 21 heavy (non-hydrogen) atoms. The molecule has 0 radical (unpaired) electrons. The van der Waals surface area contributed by atoms with E-state index in [9.17, 15) is 5.11 Å². The van der Waals surface area contributed by atoms with E-state index < -0.39 is 5.60 Å². The molecule has 5 heteroatoms. The summed E-state index contributed by atoms with van der Waals surface area (Å²) in [4.78, 5) is 4.50. The molecule has 2 rings (SSSR count). The second-order valence-electron chi connectivity index (χ2n) is 5.66. The maximum atomic E-state index is 10.1. The fourth-order valence-corrected chi connectivity index (χ4v) is 2.70. The normalized spacial score (nSPS) is 18.8. The Kier molecular flexibility index (Phi) is 5.48. The van der Waals surface area contributed by atoms with E-state index in [0.717, 1.165) is 36.4 Å². The number of hydrogen-bond acceptors (Lipinski definition) is 2. The molecule has 4 nitrogen and oxygen atoms in total. The highest BCUT2D eigenvalue weighted by atomic mass is 35.5. The van der Waals surface area contributed by atoms with Gasteiger partial charge in [0, 0.05) is 11.6 Å². The number of rotatable bonds is 5. The molecule has 0 aromatic heterocycles. The van der Waals surface area contributed by atoms with Crippen molar-refractivity contribution < 1.29 is 5.11 Å².